The minimum atomic E-state index is -0.956. The van der Waals surface area contributed by atoms with Crippen molar-refractivity contribution in [3.05, 3.63) is 23.8 Å². The molecule has 1 aliphatic heterocycles. The van der Waals surface area contributed by atoms with Gasteiger partial charge in [0.25, 0.3) is 0 Å². The van der Waals surface area contributed by atoms with Crippen LogP contribution in [0.15, 0.2) is 18.2 Å². The summed E-state index contributed by atoms with van der Waals surface area (Å²) in [5.41, 5.74) is 6.52. The summed E-state index contributed by atoms with van der Waals surface area (Å²) in [5.74, 6) is -0.387. The Balaban J connectivity index is 2.28. The minimum Gasteiger partial charge on any atom is -0.489 e. The van der Waals surface area contributed by atoms with Gasteiger partial charge in [-0.2, -0.15) is 0 Å². The van der Waals surface area contributed by atoms with Crippen molar-refractivity contribution in [3.63, 3.8) is 0 Å². The molecular weight excluding hydrogens is 196 g/mol. The molecule has 5 nitrogen and oxygen atoms in total. The minimum absolute atomic E-state index is 0.0909. The van der Waals surface area contributed by atoms with E-state index in [0.29, 0.717) is 18.9 Å². The van der Waals surface area contributed by atoms with Gasteiger partial charge in [-0.15, -0.1) is 0 Å². The van der Waals surface area contributed by atoms with Crippen LogP contribution in [0.3, 0.4) is 0 Å². The fourth-order valence-electron chi connectivity index (χ4n) is 1.47. The predicted molar refractivity (Wildman–Crippen MR) is 55.4 cm³/mol. The summed E-state index contributed by atoms with van der Waals surface area (Å²) in [7, 11) is 0. The highest BCUT2D eigenvalue weighted by molar-refractivity contribution is 5.89. The fourth-order valence-corrected chi connectivity index (χ4v) is 1.47. The molecule has 1 aromatic carbocycles. The van der Waals surface area contributed by atoms with Gasteiger partial charge in [0, 0.05) is 6.54 Å². The Morgan fingerprint density at radius 3 is 3.13 bits per heavy atom. The molecule has 5 heteroatoms. The molecule has 0 saturated heterocycles. The number of carboxylic acid groups (broad SMARTS) is 1. The summed E-state index contributed by atoms with van der Waals surface area (Å²) in [6.45, 7) is 0.951. The van der Waals surface area contributed by atoms with E-state index < -0.39 is 5.97 Å². The second-order valence-electron chi connectivity index (χ2n) is 3.40. The Bertz CT molecular complexity index is 392. The maximum absolute atomic E-state index is 10.7. The Labute approximate surface area is 86.8 Å². The predicted octanol–water partition coefficient (Wildman–Crippen LogP) is 0.516. The van der Waals surface area contributed by atoms with Gasteiger partial charge in [0.1, 0.15) is 12.4 Å². The highest BCUT2D eigenvalue weighted by atomic mass is 16.5. The van der Waals surface area contributed by atoms with Gasteiger partial charge in [-0.05, 0) is 18.2 Å². The summed E-state index contributed by atoms with van der Waals surface area (Å²) in [6, 6.07) is 4.84. The number of anilines is 1. The monoisotopic (exact) mass is 208 g/mol. The summed E-state index contributed by atoms with van der Waals surface area (Å²) >= 11 is 0. The Morgan fingerprint density at radius 2 is 2.47 bits per heavy atom. The standard InChI is InChI=1S/C10H12N2O3/c11-4-7-5-15-9-3-6(10(13)14)1-2-8(9)12-7/h1-3,7,12H,4-5,11H2,(H,13,14). The molecular formula is C10H12N2O3. The van der Waals surface area contributed by atoms with Gasteiger partial charge in [0.15, 0.2) is 0 Å². The van der Waals surface area contributed by atoms with E-state index in [1.165, 1.54) is 12.1 Å². The lowest BCUT2D eigenvalue weighted by Gasteiger charge is -2.26. The zero-order valence-electron chi connectivity index (χ0n) is 8.06. The van der Waals surface area contributed by atoms with E-state index in [-0.39, 0.29) is 11.6 Å². The number of nitrogens with two attached hydrogens (primary N) is 1. The van der Waals surface area contributed by atoms with E-state index in [2.05, 4.69) is 5.32 Å². The summed E-state index contributed by atoms with van der Waals surface area (Å²) in [5, 5.41) is 12.0. The van der Waals surface area contributed by atoms with Crippen molar-refractivity contribution in [2.75, 3.05) is 18.5 Å². The summed E-state index contributed by atoms with van der Waals surface area (Å²) in [6.07, 6.45) is 0. The second kappa shape index (κ2) is 3.78. The van der Waals surface area contributed by atoms with Gasteiger partial charge < -0.3 is 20.9 Å². The van der Waals surface area contributed by atoms with Crippen molar-refractivity contribution in [2.45, 2.75) is 6.04 Å². The molecule has 0 amide bonds. The molecule has 1 aromatic rings. The molecule has 1 heterocycles. The van der Waals surface area contributed by atoms with Crippen LogP contribution in [0.25, 0.3) is 0 Å². The van der Waals surface area contributed by atoms with Crippen LogP contribution in [0.1, 0.15) is 10.4 Å². The molecule has 1 atom stereocenters. The first-order chi connectivity index (χ1) is 7.20. The van der Waals surface area contributed by atoms with E-state index in [4.69, 9.17) is 15.6 Å². The quantitative estimate of drug-likeness (QED) is 0.659. The van der Waals surface area contributed by atoms with Crippen LogP contribution < -0.4 is 15.8 Å². The molecule has 0 spiro atoms. The topological polar surface area (TPSA) is 84.6 Å². The number of rotatable bonds is 2. The third kappa shape index (κ3) is 1.87. The first kappa shape index (κ1) is 9.79. The van der Waals surface area contributed by atoms with Crippen LogP contribution in [-0.2, 0) is 0 Å². The van der Waals surface area contributed by atoms with Crippen LogP contribution in [0.4, 0.5) is 5.69 Å². The Kier molecular flexibility index (Phi) is 2.47. The zero-order chi connectivity index (χ0) is 10.8. The van der Waals surface area contributed by atoms with Gasteiger partial charge in [-0.25, -0.2) is 4.79 Å². The van der Waals surface area contributed by atoms with Gasteiger partial charge in [-0.3, -0.25) is 0 Å². The zero-order valence-corrected chi connectivity index (χ0v) is 8.06. The Morgan fingerprint density at radius 1 is 1.67 bits per heavy atom. The van der Waals surface area contributed by atoms with E-state index in [1.54, 1.807) is 6.07 Å². The molecule has 80 valence electrons. The first-order valence-electron chi connectivity index (χ1n) is 4.67. The van der Waals surface area contributed by atoms with Crippen molar-refractivity contribution in [2.24, 2.45) is 5.73 Å². The number of fused-ring (bicyclic) bond motifs is 1. The molecule has 0 fully saturated rings. The van der Waals surface area contributed by atoms with Gasteiger partial charge in [0.05, 0.1) is 17.3 Å². The summed E-state index contributed by atoms with van der Waals surface area (Å²) < 4.78 is 5.41. The van der Waals surface area contributed by atoms with Crippen molar-refractivity contribution < 1.29 is 14.6 Å². The average Bonchev–Trinajstić information content (AvgIpc) is 2.27. The van der Waals surface area contributed by atoms with Gasteiger partial charge in [0.2, 0.25) is 0 Å². The number of carbonyl (C=O) groups is 1. The molecule has 0 aromatic heterocycles. The van der Waals surface area contributed by atoms with Crippen molar-refractivity contribution in [1.82, 2.24) is 0 Å². The van der Waals surface area contributed by atoms with E-state index in [1.807, 2.05) is 0 Å². The normalized spacial score (nSPS) is 18.6. The largest absolute Gasteiger partial charge is 0.489 e. The molecule has 0 aliphatic carbocycles. The number of hydrogen-bond donors (Lipinski definition) is 3. The highest BCUT2D eigenvalue weighted by Crippen LogP contribution is 2.29. The van der Waals surface area contributed by atoms with Gasteiger partial charge >= 0.3 is 5.97 Å². The van der Waals surface area contributed by atoms with E-state index >= 15 is 0 Å². The fraction of sp³-hybridized carbons (Fsp3) is 0.300. The highest BCUT2D eigenvalue weighted by Gasteiger charge is 2.18. The third-order valence-corrected chi connectivity index (χ3v) is 2.31. The molecule has 1 unspecified atom stereocenters. The third-order valence-electron chi connectivity index (χ3n) is 2.31. The lowest BCUT2D eigenvalue weighted by molar-refractivity contribution is 0.0696. The molecule has 1 aliphatic rings. The van der Waals surface area contributed by atoms with E-state index in [9.17, 15) is 4.79 Å². The van der Waals surface area contributed by atoms with Crippen LogP contribution in [-0.4, -0.2) is 30.3 Å². The SMILES string of the molecule is NCC1COc2cc(C(=O)O)ccc2N1. The number of benzene rings is 1. The molecule has 4 N–H and O–H groups in total. The molecule has 0 bridgehead atoms. The van der Waals surface area contributed by atoms with Gasteiger partial charge in [-0.1, -0.05) is 0 Å². The van der Waals surface area contributed by atoms with Crippen LogP contribution in [0, 0.1) is 0 Å². The van der Waals surface area contributed by atoms with Crippen molar-refractivity contribution in [1.29, 1.82) is 0 Å². The average molecular weight is 208 g/mol. The van der Waals surface area contributed by atoms with E-state index in [0.717, 1.165) is 5.69 Å². The number of aromatic carboxylic acids is 1. The van der Waals surface area contributed by atoms with Crippen molar-refractivity contribution >= 4 is 11.7 Å². The summed E-state index contributed by atoms with van der Waals surface area (Å²) in [4.78, 5) is 10.7. The first-order valence-corrected chi connectivity index (χ1v) is 4.67. The number of hydrogen-bond acceptors (Lipinski definition) is 4. The maximum Gasteiger partial charge on any atom is 0.335 e. The Hall–Kier alpha value is -1.75. The van der Waals surface area contributed by atoms with Crippen LogP contribution in [0.2, 0.25) is 0 Å². The lowest BCUT2D eigenvalue weighted by Crippen LogP contribution is -2.37. The molecule has 15 heavy (non-hydrogen) atoms. The van der Waals surface area contributed by atoms with Crippen LogP contribution in [0.5, 0.6) is 5.75 Å². The van der Waals surface area contributed by atoms with Crippen LogP contribution >= 0.6 is 0 Å². The number of ether oxygens (including phenoxy) is 1. The number of carboxylic acids is 1. The number of nitrogens with one attached hydrogen (secondary N) is 1. The molecule has 2 rings (SSSR count). The smallest absolute Gasteiger partial charge is 0.335 e. The molecule has 0 saturated carbocycles. The van der Waals surface area contributed by atoms with Crippen molar-refractivity contribution in [3.8, 4) is 5.75 Å². The second-order valence-corrected chi connectivity index (χ2v) is 3.40. The lowest BCUT2D eigenvalue weighted by atomic mass is 10.1. The molecule has 0 radical (unpaired) electrons. The maximum atomic E-state index is 10.7.